The van der Waals surface area contributed by atoms with Gasteiger partial charge in [-0.15, -0.1) is 0 Å². The highest BCUT2D eigenvalue weighted by atomic mass is 16.8. The highest BCUT2D eigenvalue weighted by Gasteiger charge is 2.49. The molecule has 0 aromatic rings. The number of aliphatic hydroxyl groups excluding tert-OH is 8. The van der Waals surface area contributed by atoms with Gasteiger partial charge in [-0.25, -0.2) is 0 Å². The van der Waals surface area contributed by atoms with E-state index in [9.17, 15) is 30.6 Å². The smallest absolute Gasteiger partial charge is 0.189 e. The van der Waals surface area contributed by atoms with Gasteiger partial charge in [-0.2, -0.15) is 0 Å². The molecule has 0 spiro atoms. The van der Waals surface area contributed by atoms with Gasteiger partial charge in [0.2, 0.25) is 0 Å². The van der Waals surface area contributed by atoms with Gasteiger partial charge in [-0.3, -0.25) is 0 Å². The number of hydrogen-bond acceptors (Lipinski definition) is 11. The third-order valence-electron chi connectivity index (χ3n) is 3.97. The molecule has 11 nitrogen and oxygen atoms in total. The highest BCUT2D eigenvalue weighted by Crippen LogP contribution is 2.27. The second-order valence-electron chi connectivity index (χ2n) is 5.53. The summed E-state index contributed by atoms with van der Waals surface area (Å²) in [5, 5.41) is 76.4. The summed E-state index contributed by atoms with van der Waals surface area (Å²) in [6, 6.07) is 0. The van der Waals surface area contributed by atoms with Crippen molar-refractivity contribution in [2.45, 2.75) is 61.4 Å². The Kier molecular flexibility index (Phi) is 6.27. The monoisotopic (exact) mass is 344 g/mol. The van der Waals surface area contributed by atoms with E-state index in [4.69, 9.17) is 24.4 Å². The van der Waals surface area contributed by atoms with E-state index in [0.29, 0.717) is 0 Å². The van der Waals surface area contributed by atoms with E-state index in [0.717, 1.165) is 0 Å². The van der Waals surface area contributed by atoms with Crippen molar-refractivity contribution < 1.29 is 55.1 Å². The first-order valence-electron chi connectivity index (χ1n) is 7.08. The van der Waals surface area contributed by atoms with Crippen molar-refractivity contribution >= 4 is 0 Å². The van der Waals surface area contributed by atoms with Crippen molar-refractivity contribution in [3.8, 4) is 0 Å². The second-order valence-corrected chi connectivity index (χ2v) is 5.53. The molecule has 0 aromatic heterocycles. The summed E-state index contributed by atoms with van der Waals surface area (Å²) >= 11 is 0. The molecular formula is C12H22O11. The molecule has 0 radical (unpaired) electrons. The van der Waals surface area contributed by atoms with Crippen LogP contribution in [0.4, 0.5) is 0 Å². The summed E-state index contributed by atoms with van der Waals surface area (Å²) in [5.41, 5.74) is 0. The van der Waals surface area contributed by atoms with Crippen molar-refractivity contribution in [3.05, 3.63) is 0 Å². The van der Waals surface area contributed by atoms with Crippen LogP contribution < -0.4 is 0 Å². The SMILES string of the molecule is OC[C@H]1O[C@H](O[C@H]2O[C@H](CO)[C@@H](O)[14C@H](O)[C@H]2O)[C@H](O)[C@@H](O)[C@@H]1O. The summed E-state index contributed by atoms with van der Waals surface area (Å²) in [7, 11) is 0. The maximum atomic E-state index is 9.84. The van der Waals surface area contributed by atoms with Gasteiger partial charge in [0.25, 0.3) is 0 Å². The fraction of sp³-hybridized carbons (Fsp3) is 1.00. The Labute approximate surface area is 130 Å². The minimum Gasteiger partial charge on any atom is -0.394 e. The molecule has 2 aliphatic heterocycles. The molecule has 0 aromatic carbocycles. The number of hydrogen-bond donors (Lipinski definition) is 8. The van der Waals surface area contributed by atoms with E-state index in [2.05, 4.69) is 0 Å². The van der Waals surface area contributed by atoms with Crippen LogP contribution in [0.1, 0.15) is 0 Å². The molecular weight excluding hydrogens is 322 g/mol. The minimum absolute atomic E-state index is 0.667. The predicted molar refractivity (Wildman–Crippen MR) is 68.6 cm³/mol. The van der Waals surface area contributed by atoms with Crippen LogP contribution in [0, 0.1) is 0 Å². The maximum Gasteiger partial charge on any atom is 0.189 e. The highest BCUT2D eigenvalue weighted by molar-refractivity contribution is 4.92. The van der Waals surface area contributed by atoms with E-state index in [1.165, 1.54) is 0 Å². The van der Waals surface area contributed by atoms with E-state index in [1.807, 2.05) is 0 Å². The Bertz CT molecular complexity index is 344. The molecule has 11 heteroatoms. The largest absolute Gasteiger partial charge is 0.394 e. The number of rotatable bonds is 4. The molecule has 2 rings (SSSR count). The Morgan fingerprint density at radius 3 is 1.87 bits per heavy atom. The van der Waals surface area contributed by atoms with E-state index in [-0.39, 0.29) is 0 Å². The first-order valence-corrected chi connectivity index (χ1v) is 7.08. The normalized spacial score (nSPS) is 51.7. The van der Waals surface area contributed by atoms with Crippen LogP contribution in [-0.4, -0.2) is 115 Å². The van der Waals surface area contributed by atoms with Gasteiger partial charge in [0, 0.05) is 0 Å². The van der Waals surface area contributed by atoms with Crippen molar-refractivity contribution in [1.29, 1.82) is 0 Å². The molecule has 0 saturated carbocycles. The standard InChI is InChI=1S/C12H22O11/c13-1-3-5(15)7(17)9(19)11(21-3)23-12-10(20)8(18)6(16)4(2-14)22-12/h3-20H,1-2H2/t3-,4-,5-,6-,7+,8+,9-,10-,11-,12-/m1/s1/i7+2. The molecule has 0 amide bonds. The van der Waals surface area contributed by atoms with Crippen LogP contribution in [0.15, 0.2) is 0 Å². The quantitative estimate of drug-likeness (QED) is 0.243. The van der Waals surface area contributed by atoms with Crippen molar-refractivity contribution in [1.82, 2.24) is 0 Å². The van der Waals surface area contributed by atoms with Crippen molar-refractivity contribution in [2.75, 3.05) is 13.2 Å². The Morgan fingerprint density at radius 2 is 1.30 bits per heavy atom. The zero-order chi connectivity index (χ0) is 17.3. The molecule has 23 heavy (non-hydrogen) atoms. The Balaban J connectivity index is 2.07. The molecule has 136 valence electrons. The lowest BCUT2D eigenvalue weighted by atomic mass is 9.99. The Morgan fingerprint density at radius 1 is 0.739 bits per heavy atom. The van der Waals surface area contributed by atoms with Gasteiger partial charge in [0.05, 0.1) is 13.2 Å². The van der Waals surface area contributed by atoms with Gasteiger partial charge >= 0.3 is 0 Å². The Hall–Kier alpha value is -0.440. The molecule has 10 atom stereocenters. The van der Waals surface area contributed by atoms with Gasteiger partial charge in [0.15, 0.2) is 12.6 Å². The van der Waals surface area contributed by atoms with Gasteiger partial charge in [-0.05, 0) is 0 Å². The lowest BCUT2D eigenvalue weighted by molar-refractivity contribution is -0.376. The van der Waals surface area contributed by atoms with Gasteiger partial charge < -0.3 is 55.1 Å². The second kappa shape index (κ2) is 7.63. The van der Waals surface area contributed by atoms with Crippen LogP contribution in [0.2, 0.25) is 0 Å². The van der Waals surface area contributed by atoms with Gasteiger partial charge in [0.1, 0.15) is 48.8 Å². The first kappa shape index (κ1) is 18.9. The molecule has 2 fully saturated rings. The maximum absolute atomic E-state index is 9.84. The third-order valence-corrected chi connectivity index (χ3v) is 3.97. The minimum atomic E-state index is -1.72. The van der Waals surface area contributed by atoms with Crippen molar-refractivity contribution in [2.24, 2.45) is 0 Å². The van der Waals surface area contributed by atoms with Crippen molar-refractivity contribution in [3.63, 3.8) is 0 Å². The lowest BCUT2D eigenvalue weighted by Crippen LogP contribution is -2.63. The molecule has 2 aliphatic rings. The number of ether oxygens (including phenoxy) is 3. The van der Waals surface area contributed by atoms with Crippen LogP contribution in [0.25, 0.3) is 0 Å². The topological polar surface area (TPSA) is 190 Å². The van der Waals surface area contributed by atoms with E-state index < -0.39 is 74.6 Å². The predicted octanol–water partition coefficient (Wildman–Crippen LogP) is -5.40. The average molecular weight is 344 g/mol. The van der Waals surface area contributed by atoms with Crippen LogP contribution in [0.5, 0.6) is 0 Å². The van der Waals surface area contributed by atoms with E-state index in [1.54, 1.807) is 0 Å². The fourth-order valence-corrected chi connectivity index (χ4v) is 2.49. The van der Waals surface area contributed by atoms with Crippen LogP contribution in [-0.2, 0) is 14.2 Å². The molecule has 0 aliphatic carbocycles. The first-order chi connectivity index (χ1) is 10.8. The summed E-state index contributed by atoms with van der Waals surface area (Å²) < 4.78 is 15.3. The zero-order valence-electron chi connectivity index (χ0n) is 12.0. The molecule has 2 saturated heterocycles. The summed E-state index contributed by atoms with van der Waals surface area (Å²) in [6.07, 6.45) is -15.6. The summed E-state index contributed by atoms with van der Waals surface area (Å²) in [6.45, 7) is -1.33. The lowest BCUT2D eigenvalue weighted by Gasteiger charge is -2.44. The average Bonchev–Trinajstić information content (AvgIpc) is 2.55. The fourth-order valence-electron chi connectivity index (χ4n) is 2.49. The third kappa shape index (κ3) is 3.65. The van der Waals surface area contributed by atoms with Crippen LogP contribution >= 0.6 is 0 Å². The van der Waals surface area contributed by atoms with Crippen LogP contribution in [0.3, 0.4) is 0 Å². The summed E-state index contributed by atoms with van der Waals surface area (Å²) in [5.74, 6) is 0. The molecule has 0 bridgehead atoms. The molecule has 8 N–H and O–H groups in total. The van der Waals surface area contributed by atoms with E-state index >= 15 is 0 Å². The molecule has 2 heterocycles. The molecule has 0 unspecified atom stereocenters. The number of aliphatic hydroxyl groups is 8. The zero-order valence-corrected chi connectivity index (χ0v) is 12.0. The summed E-state index contributed by atoms with van der Waals surface area (Å²) in [4.78, 5) is 0. The van der Waals surface area contributed by atoms with Gasteiger partial charge in [-0.1, -0.05) is 0 Å².